The summed E-state index contributed by atoms with van der Waals surface area (Å²) in [6, 6.07) is 0. The quantitative estimate of drug-likeness (QED) is 0.707. The molecule has 1 aliphatic rings. The van der Waals surface area contributed by atoms with Crippen LogP contribution >= 0.6 is 0 Å². The van der Waals surface area contributed by atoms with Crippen LogP contribution in [0.1, 0.15) is 58.3 Å². The number of aliphatic hydroxyl groups excluding tert-OH is 1. The summed E-state index contributed by atoms with van der Waals surface area (Å²) in [6.45, 7) is 3.58. The summed E-state index contributed by atoms with van der Waals surface area (Å²) >= 11 is 0. The van der Waals surface area contributed by atoms with Crippen molar-refractivity contribution in [1.29, 1.82) is 0 Å². The largest absolute Gasteiger partial charge is 0.391 e. The summed E-state index contributed by atoms with van der Waals surface area (Å²) in [5.41, 5.74) is 0. The lowest BCUT2D eigenvalue weighted by Gasteiger charge is -2.30. The van der Waals surface area contributed by atoms with Gasteiger partial charge in [-0.15, -0.1) is 0 Å². The molecule has 0 aromatic heterocycles. The third-order valence-corrected chi connectivity index (χ3v) is 3.24. The number of β-amino-alcohol motifs (C(OH)–C–C–N with tert-alkyl or cyclic N) is 1. The predicted octanol–water partition coefficient (Wildman–Crippen LogP) is 2.33. The third-order valence-electron chi connectivity index (χ3n) is 3.24. The summed E-state index contributed by atoms with van der Waals surface area (Å²) in [5, 5.41) is 9.48. The fourth-order valence-electron chi connectivity index (χ4n) is 2.22. The molecule has 1 fully saturated rings. The maximum atomic E-state index is 11.8. The zero-order valence-corrected chi connectivity index (χ0v) is 10.5. The third kappa shape index (κ3) is 4.97. The van der Waals surface area contributed by atoms with Crippen LogP contribution < -0.4 is 0 Å². The molecule has 94 valence electrons. The molecular formula is C13H25NO2. The molecule has 0 spiro atoms. The lowest BCUT2D eigenvalue weighted by atomic mass is 10.1. The number of hydrogen-bond acceptors (Lipinski definition) is 2. The highest BCUT2D eigenvalue weighted by Gasteiger charge is 2.21. The Labute approximate surface area is 98.8 Å². The molecule has 0 bridgehead atoms. The Bertz CT molecular complexity index is 206. The average molecular weight is 227 g/mol. The SMILES string of the molecule is CCCCCCCC(=O)N1CCC[C@H](O)C1. The molecule has 0 aliphatic carbocycles. The number of piperidine rings is 1. The molecule has 1 saturated heterocycles. The highest BCUT2D eigenvalue weighted by atomic mass is 16.3. The first kappa shape index (κ1) is 13.5. The van der Waals surface area contributed by atoms with Gasteiger partial charge in [-0.25, -0.2) is 0 Å². The van der Waals surface area contributed by atoms with Crippen molar-refractivity contribution in [2.24, 2.45) is 0 Å². The monoisotopic (exact) mass is 227 g/mol. The van der Waals surface area contributed by atoms with Gasteiger partial charge in [-0.05, 0) is 19.3 Å². The normalized spacial score (nSPS) is 21.1. The van der Waals surface area contributed by atoms with E-state index in [1.54, 1.807) is 0 Å². The van der Waals surface area contributed by atoms with Gasteiger partial charge < -0.3 is 10.0 Å². The molecule has 1 aliphatic heterocycles. The molecule has 1 rings (SSSR count). The van der Waals surface area contributed by atoms with Crippen molar-refractivity contribution in [2.75, 3.05) is 13.1 Å². The van der Waals surface area contributed by atoms with Crippen molar-refractivity contribution in [1.82, 2.24) is 4.90 Å². The summed E-state index contributed by atoms with van der Waals surface area (Å²) in [5.74, 6) is 0.232. The number of carbonyl (C=O) groups excluding carboxylic acids is 1. The fraction of sp³-hybridized carbons (Fsp3) is 0.923. The van der Waals surface area contributed by atoms with Crippen molar-refractivity contribution in [3.8, 4) is 0 Å². The molecular weight excluding hydrogens is 202 g/mol. The van der Waals surface area contributed by atoms with Crippen LogP contribution in [0.3, 0.4) is 0 Å². The number of carbonyl (C=O) groups is 1. The molecule has 0 saturated carbocycles. The van der Waals surface area contributed by atoms with Crippen LogP contribution in [0.15, 0.2) is 0 Å². The van der Waals surface area contributed by atoms with Gasteiger partial charge >= 0.3 is 0 Å². The molecule has 1 atom stereocenters. The van der Waals surface area contributed by atoms with Crippen LogP contribution in [0.2, 0.25) is 0 Å². The standard InChI is InChI=1S/C13H25NO2/c1-2-3-4-5-6-9-13(16)14-10-7-8-12(15)11-14/h12,15H,2-11H2,1H3/t12-/m0/s1. The Kier molecular flexibility index (Phi) is 6.46. The van der Waals surface area contributed by atoms with Crippen LogP contribution in [0, 0.1) is 0 Å². The lowest BCUT2D eigenvalue weighted by Crippen LogP contribution is -2.42. The molecule has 1 N–H and O–H groups in total. The van der Waals surface area contributed by atoms with E-state index in [2.05, 4.69) is 6.92 Å². The van der Waals surface area contributed by atoms with E-state index in [4.69, 9.17) is 0 Å². The molecule has 16 heavy (non-hydrogen) atoms. The highest BCUT2D eigenvalue weighted by Crippen LogP contribution is 2.13. The number of likely N-dealkylation sites (tertiary alicyclic amines) is 1. The van der Waals surface area contributed by atoms with E-state index < -0.39 is 0 Å². The summed E-state index contributed by atoms with van der Waals surface area (Å²) in [7, 11) is 0. The molecule has 1 heterocycles. The first-order valence-electron chi connectivity index (χ1n) is 6.70. The van der Waals surface area contributed by atoms with Crippen LogP contribution in [0.25, 0.3) is 0 Å². The number of unbranched alkanes of at least 4 members (excludes halogenated alkanes) is 4. The van der Waals surface area contributed by atoms with Gasteiger partial charge in [-0.2, -0.15) is 0 Å². The Morgan fingerprint density at radius 3 is 2.75 bits per heavy atom. The van der Waals surface area contributed by atoms with Crippen LogP contribution in [0.4, 0.5) is 0 Å². The number of aliphatic hydroxyl groups is 1. The van der Waals surface area contributed by atoms with Crippen molar-refractivity contribution in [2.45, 2.75) is 64.4 Å². The second-order valence-electron chi connectivity index (χ2n) is 4.80. The number of amides is 1. The zero-order chi connectivity index (χ0) is 11.8. The molecule has 0 radical (unpaired) electrons. The van der Waals surface area contributed by atoms with Crippen molar-refractivity contribution in [3.05, 3.63) is 0 Å². The van der Waals surface area contributed by atoms with Gasteiger partial charge in [0.05, 0.1) is 6.10 Å². The van der Waals surface area contributed by atoms with Crippen LogP contribution in [-0.4, -0.2) is 35.1 Å². The van der Waals surface area contributed by atoms with E-state index in [1.807, 2.05) is 4.90 Å². The molecule has 1 amide bonds. The number of nitrogens with zero attached hydrogens (tertiary/aromatic N) is 1. The smallest absolute Gasteiger partial charge is 0.222 e. The summed E-state index contributed by atoms with van der Waals surface area (Å²) in [4.78, 5) is 13.6. The molecule has 3 nitrogen and oxygen atoms in total. The van der Waals surface area contributed by atoms with Crippen molar-refractivity contribution in [3.63, 3.8) is 0 Å². The fourth-order valence-corrected chi connectivity index (χ4v) is 2.22. The Morgan fingerprint density at radius 1 is 1.31 bits per heavy atom. The summed E-state index contributed by atoms with van der Waals surface area (Å²) < 4.78 is 0. The zero-order valence-electron chi connectivity index (χ0n) is 10.5. The van der Waals surface area contributed by atoms with Gasteiger partial charge in [0.1, 0.15) is 0 Å². The predicted molar refractivity (Wildman–Crippen MR) is 65.2 cm³/mol. The Balaban J connectivity index is 2.09. The first-order valence-corrected chi connectivity index (χ1v) is 6.70. The molecule has 0 unspecified atom stereocenters. The lowest BCUT2D eigenvalue weighted by molar-refractivity contribution is -0.134. The van der Waals surface area contributed by atoms with Crippen molar-refractivity contribution >= 4 is 5.91 Å². The van der Waals surface area contributed by atoms with E-state index in [9.17, 15) is 9.90 Å². The maximum Gasteiger partial charge on any atom is 0.222 e. The van der Waals surface area contributed by atoms with Crippen molar-refractivity contribution < 1.29 is 9.90 Å². The topological polar surface area (TPSA) is 40.5 Å². The van der Waals surface area contributed by atoms with Gasteiger partial charge in [0.15, 0.2) is 0 Å². The van der Waals surface area contributed by atoms with Crippen LogP contribution in [0.5, 0.6) is 0 Å². The van der Waals surface area contributed by atoms with Crippen LogP contribution in [-0.2, 0) is 4.79 Å². The number of rotatable bonds is 6. The van der Waals surface area contributed by atoms with Gasteiger partial charge in [-0.3, -0.25) is 4.79 Å². The summed E-state index contributed by atoms with van der Waals surface area (Å²) in [6.07, 6.45) is 8.09. The van der Waals surface area contributed by atoms with E-state index in [-0.39, 0.29) is 12.0 Å². The second kappa shape index (κ2) is 7.66. The molecule has 0 aromatic carbocycles. The average Bonchev–Trinajstić information content (AvgIpc) is 2.28. The maximum absolute atomic E-state index is 11.8. The number of hydrogen-bond donors (Lipinski definition) is 1. The second-order valence-corrected chi connectivity index (χ2v) is 4.80. The Hall–Kier alpha value is -0.570. The van der Waals surface area contributed by atoms with Gasteiger partial charge in [-0.1, -0.05) is 32.6 Å². The highest BCUT2D eigenvalue weighted by molar-refractivity contribution is 5.76. The minimum Gasteiger partial charge on any atom is -0.391 e. The van der Waals surface area contributed by atoms with E-state index in [0.29, 0.717) is 13.0 Å². The minimum atomic E-state index is -0.294. The minimum absolute atomic E-state index is 0.232. The van der Waals surface area contributed by atoms with Gasteiger partial charge in [0.25, 0.3) is 0 Å². The molecule has 3 heteroatoms. The first-order chi connectivity index (χ1) is 7.74. The molecule has 0 aromatic rings. The van der Waals surface area contributed by atoms with E-state index >= 15 is 0 Å². The Morgan fingerprint density at radius 2 is 2.06 bits per heavy atom. The van der Waals surface area contributed by atoms with E-state index in [0.717, 1.165) is 32.2 Å². The van der Waals surface area contributed by atoms with Gasteiger partial charge in [0.2, 0.25) is 5.91 Å². The van der Waals surface area contributed by atoms with E-state index in [1.165, 1.54) is 19.3 Å². The van der Waals surface area contributed by atoms with Gasteiger partial charge in [0, 0.05) is 19.5 Å².